The molecule has 1 saturated heterocycles. The molecule has 1 amide bonds. The van der Waals surface area contributed by atoms with E-state index in [9.17, 15) is 9.59 Å². The minimum atomic E-state index is -0.309. The number of esters is 1. The van der Waals surface area contributed by atoms with Crippen molar-refractivity contribution in [3.8, 4) is 23.3 Å². The number of hydrogen-bond acceptors (Lipinski definition) is 5. The van der Waals surface area contributed by atoms with Gasteiger partial charge in [0.1, 0.15) is 17.6 Å². The van der Waals surface area contributed by atoms with E-state index in [1.807, 2.05) is 55.3 Å². The molecule has 0 aromatic heterocycles. The predicted molar refractivity (Wildman–Crippen MR) is 165 cm³/mol. The lowest BCUT2D eigenvalue weighted by atomic mass is 9.51. The van der Waals surface area contributed by atoms with Crippen LogP contribution in [0.15, 0.2) is 66.7 Å². The number of hydrogen-bond donors (Lipinski definition) is 0. The van der Waals surface area contributed by atoms with Gasteiger partial charge >= 0.3 is 5.97 Å². The fourth-order valence-corrected chi connectivity index (χ4v) is 8.53. The zero-order valence-electron chi connectivity index (χ0n) is 25.1. The summed E-state index contributed by atoms with van der Waals surface area (Å²) in [6, 6.07) is 22.7. The summed E-state index contributed by atoms with van der Waals surface area (Å²) in [6.07, 6.45) is 4.50. The zero-order chi connectivity index (χ0) is 29.7. The van der Waals surface area contributed by atoms with Crippen LogP contribution >= 0.6 is 0 Å². The number of carbonyl (C=O) groups excluding carboxylic acids is 2. The van der Waals surface area contributed by atoms with Gasteiger partial charge in [-0.2, -0.15) is 0 Å². The summed E-state index contributed by atoms with van der Waals surface area (Å²) in [5, 5.41) is 0. The molecule has 7 rings (SSSR count). The highest BCUT2D eigenvalue weighted by Crippen LogP contribution is 2.63. The molecule has 5 atom stereocenters. The Morgan fingerprint density at radius 3 is 2.72 bits per heavy atom. The number of aryl methyl sites for hydroxylation is 1. The van der Waals surface area contributed by atoms with Crippen molar-refractivity contribution in [1.82, 2.24) is 9.80 Å². The summed E-state index contributed by atoms with van der Waals surface area (Å²) in [5.41, 5.74) is 5.40. The van der Waals surface area contributed by atoms with E-state index in [0.29, 0.717) is 17.7 Å². The van der Waals surface area contributed by atoms with Crippen molar-refractivity contribution >= 4 is 11.9 Å². The summed E-state index contributed by atoms with van der Waals surface area (Å²) in [5.74, 6) is 7.42. The molecule has 2 aliphatic carbocycles. The monoisotopic (exact) mass is 574 g/mol. The summed E-state index contributed by atoms with van der Waals surface area (Å²) in [7, 11) is 1.88. The molecular formula is C37H38N2O4. The Bertz CT molecular complexity index is 1640. The molecule has 3 aromatic rings. The van der Waals surface area contributed by atoms with Gasteiger partial charge in [-0.05, 0) is 86.9 Å². The van der Waals surface area contributed by atoms with Gasteiger partial charge in [0.15, 0.2) is 0 Å². The van der Waals surface area contributed by atoms with E-state index in [4.69, 9.17) is 9.47 Å². The van der Waals surface area contributed by atoms with Gasteiger partial charge < -0.3 is 14.4 Å². The van der Waals surface area contributed by atoms with E-state index in [2.05, 4.69) is 47.1 Å². The molecule has 0 N–H and O–H groups in total. The van der Waals surface area contributed by atoms with Crippen molar-refractivity contribution in [2.45, 2.75) is 69.6 Å². The lowest BCUT2D eigenvalue weighted by Gasteiger charge is -2.60. The maximum atomic E-state index is 13.5. The van der Waals surface area contributed by atoms with Crippen LogP contribution in [-0.4, -0.2) is 60.0 Å². The molecule has 0 unspecified atom stereocenters. The highest BCUT2D eigenvalue weighted by molar-refractivity contribution is 5.94. The maximum absolute atomic E-state index is 13.5. The highest BCUT2D eigenvalue weighted by atomic mass is 16.5. The standard InChI is InChI=1S/C37H38N2O4/c1-24-8-7-11-27(22-24)12-17-34(41)38(3)30-14-13-29-31-23-28-32(42-25(2)40)15-16-33-35(28)37(29,36(30)43-33)19-21-39(31)20-18-26-9-5-4-6-10-26/h4-11,15-16,22,29-31,36H,13-14,18-21,23H2,1-3H3/t29-,30-,31+,36-,37-/m0/s1. The fraction of sp³-hybridized carbons (Fsp3) is 0.405. The second-order valence-electron chi connectivity index (χ2n) is 12.7. The normalized spacial score (nSPS) is 26.4. The maximum Gasteiger partial charge on any atom is 0.308 e. The van der Waals surface area contributed by atoms with Crippen molar-refractivity contribution in [2.75, 3.05) is 20.1 Å². The first-order valence-corrected chi connectivity index (χ1v) is 15.5. The number of benzene rings is 3. The Hall–Kier alpha value is -4.08. The number of nitrogens with zero attached hydrogens (tertiary/aromatic N) is 2. The number of likely N-dealkylation sites (N-methyl/N-ethyl adjacent to an activating group) is 1. The van der Waals surface area contributed by atoms with Crippen molar-refractivity contribution in [2.24, 2.45) is 5.92 Å². The first kappa shape index (κ1) is 27.7. The number of likely N-dealkylation sites (tertiary alicyclic amines) is 1. The number of ether oxygens (including phenoxy) is 2. The highest BCUT2D eigenvalue weighted by Gasteiger charge is 2.66. The second-order valence-corrected chi connectivity index (χ2v) is 12.7. The van der Waals surface area contributed by atoms with Crippen LogP contribution in [0.5, 0.6) is 11.5 Å². The first-order valence-electron chi connectivity index (χ1n) is 15.5. The van der Waals surface area contributed by atoms with Gasteiger partial charge in [-0.1, -0.05) is 48.4 Å². The van der Waals surface area contributed by atoms with Gasteiger partial charge in [0, 0.05) is 54.6 Å². The number of amides is 1. The van der Waals surface area contributed by atoms with Crippen molar-refractivity contribution in [3.63, 3.8) is 0 Å². The molecule has 220 valence electrons. The van der Waals surface area contributed by atoms with Crippen LogP contribution in [0.2, 0.25) is 0 Å². The molecule has 3 aromatic carbocycles. The Labute approximate surface area is 254 Å². The van der Waals surface area contributed by atoms with Gasteiger partial charge in [-0.3, -0.25) is 14.5 Å². The van der Waals surface area contributed by atoms with Crippen molar-refractivity contribution in [1.29, 1.82) is 0 Å². The minimum Gasteiger partial charge on any atom is -0.487 e. The SMILES string of the molecule is CC(=O)Oc1ccc2c3c1C[C@@H]1[C@@H]4CC[C@H](N(C)C(=O)C#Cc5cccc(C)c5)[C@H](O2)[C@]34CCN1CCc1ccccc1. The van der Waals surface area contributed by atoms with Gasteiger partial charge in [0.2, 0.25) is 0 Å². The Kier molecular flexibility index (Phi) is 7.02. The smallest absolute Gasteiger partial charge is 0.308 e. The first-order chi connectivity index (χ1) is 20.8. The molecule has 2 aliphatic heterocycles. The molecular weight excluding hydrogens is 536 g/mol. The van der Waals surface area contributed by atoms with Crippen LogP contribution in [0.4, 0.5) is 0 Å². The van der Waals surface area contributed by atoms with E-state index >= 15 is 0 Å². The lowest BCUT2D eigenvalue weighted by molar-refractivity contribution is -0.135. The Morgan fingerprint density at radius 1 is 1.09 bits per heavy atom. The van der Waals surface area contributed by atoms with Gasteiger partial charge in [-0.15, -0.1) is 0 Å². The van der Waals surface area contributed by atoms with Crippen LogP contribution in [0.1, 0.15) is 54.0 Å². The Balaban J connectivity index is 1.22. The molecule has 2 fully saturated rings. The van der Waals surface area contributed by atoms with Crippen LogP contribution in [0.25, 0.3) is 0 Å². The van der Waals surface area contributed by atoms with E-state index in [-0.39, 0.29) is 29.4 Å². The largest absolute Gasteiger partial charge is 0.487 e. The van der Waals surface area contributed by atoms with E-state index in [1.165, 1.54) is 18.1 Å². The Morgan fingerprint density at radius 2 is 1.93 bits per heavy atom. The van der Waals surface area contributed by atoms with Crippen LogP contribution in [0.3, 0.4) is 0 Å². The van der Waals surface area contributed by atoms with E-state index < -0.39 is 0 Å². The number of rotatable bonds is 5. The molecule has 1 saturated carbocycles. The molecule has 2 heterocycles. The molecule has 2 bridgehead atoms. The number of piperidine rings is 1. The molecule has 0 radical (unpaired) electrons. The second kappa shape index (κ2) is 10.9. The quantitative estimate of drug-likeness (QED) is 0.242. The van der Waals surface area contributed by atoms with E-state index in [0.717, 1.165) is 67.6 Å². The summed E-state index contributed by atoms with van der Waals surface area (Å²) < 4.78 is 12.7. The summed E-state index contributed by atoms with van der Waals surface area (Å²) in [4.78, 5) is 30.1. The predicted octanol–water partition coefficient (Wildman–Crippen LogP) is 5.08. The van der Waals surface area contributed by atoms with Crippen LogP contribution < -0.4 is 9.47 Å². The van der Waals surface area contributed by atoms with Crippen LogP contribution in [-0.2, 0) is 27.8 Å². The van der Waals surface area contributed by atoms with Gasteiger partial charge in [0.05, 0.1) is 6.04 Å². The third-order valence-electron chi connectivity index (χ3n) is 10.3. The third kappa shape index (κ3) is 4.71. The molecule has 6 nitrogen and oxygen atoms in total. The van der Waals surface area contributed by atoms with Gasteiger partial charge in [-0.25, -0.2) is 0 Å². The van der Waals surface area contributed by atoms with Gasteiger partial charge in [0.25, 0.3) is 5.91 Å². The number of carbonyl (C=O) groups is 2. The molecule has 4 aliphatic rings. The van der Waals surface area contributed by atoms with Crippen molar-refractivity contribution in [3.05, 3.63) is 94.5 Å². The van der Waals surface area contributed by atoms with E-state index in [1.54, 1.807) is 0 Å². The third-order valence-corrected chi connectivity index (χ3v) is 10.3. The average molecular weight is 575 g/mol. The molecule has 43 heavy (non-hydrogen) atoms. The summed E-state index contributed by atoms with van der Waals surface area (Å²) >= 11 is 0. The molecule has 6 heteroatoms. The lowest BCUT2D eigenvalue weighted by Crippen LogP contribution is -2.69. The fourth-order valence-electron chi connectivity index (χ4n) is 8.53. The summed E-state index contributed by atoms with van der Waals surface area (Å²) in [6.45, 7) is 5.45. The van der Waals surface area contributed by atoms with Crippen LogP contribution in [0, 0.1) is 24.7 Å². The minimum absolute atomic E-state index is 0.0948. The topological polar surface area (TPSA) is 59.1 Å². The van der Waals surface area contributed by atoms with Crippen molar-refractivity contribution < 1.29 is 19.1 Å². The zero-order valence-corrected chi connectivity index (χ0v) is 25.1. The molecule has 1 spiro atoms. The average Bonchev–Trinajstić information content (AvgIpc) is 3.34.